The Kier molecular flexibility index (Phi) is 5.62. The van der Waals surface area contributed by atoms with Gasteiger partial charge >= 0.3 is 5.97 Å². The standard InChI is InChI=1S/C18H17NO6/c20-13-5-1-11(2-6-13)9-14(18(24)25)19-17(23)8-4-12-3-7-15(21)16(22)10-12/h1-8,10,14,20-22H,9H2,(H,19,23)(H,24,25)/t14-/m0/s1. The number of amides is 1. The molecule has 1 atom stereocenters. The number of carbonyl (C=O) groups is 2. The van der Waals surface area contributed by atoms with E-state index in [1.807, 2.05) is 0 Å². The van der Waals surface area contributed by atoms with E-state index in [-0.39, 0.29) is 23.7 Å². The summed E-state index contributed by atoms with van der Waals surface area (Å²) in [6.07, 6.45) is 2.59. The van der Waals surface area contributed by atoms with Gasteiger partial charge in [-0.15, -0.1) is 0 Å². The van der Waals surface area contributed by atoms with Gasteiger partial charge in [0, 0.05) is 12.5 Å². The zero-order chi connectivity index (χ0) is 18.4. The predicted octanol–water partition coefficient (Wildman–Crippen LogP) is 1.63. The average Bonchev–Trinajstić information content (AvgIpc) is 2.57. The van der Waals surface area contributed by atoms with Gasteiger partial charge in [-0.2, -0.15) is 0 Å². The van der Waals surface area contributed by atoms with Gasteiger partial charge in [-0.25, -0.2) is 4.79 Å². The summed E-state index contributed by atoms with van der Waals surface area (Å²) in [5, 5.41) is 39.5. The fraction of sp³-hybridized carbons (Fsp3) is 0.111. The molecule has 25 heavy (non-hydrogen) atoms. The Morgan fingerprint density at radius 1 is 1.00 bits per heavy atom. The molecule has 0 aliphatic rings. The predicted molar refractivity (Wildman–Crippen MR) is 90.2 cm³/mol. The highest BCUT2D eigenvalue weighted by Gasteiger charge is 2.19. The molecular weight excluding hydrogens is 326 g/mol. The highest BCUT2D eigenvalue weighted by atomic mass is 16.4. The molecule has 5 N–H and O–H groups in total. The van der Waals surface area contributed by atoms with Crippen molar-refractivity contribution in [3.05, 3.63) is 59.7 Å². The normalized spacial score (nSPS) is 12.0. The van der Waals surface area contributed by atoms with E-state index in [0.717, 1.165) is 6.08 Å². The van der Waals surface area contributed by atoms with Gasteiger partial charge in [0.25, 0.3) is 0 Å². The maximum Gasteiger partial charge on any atom is 0.326 e. The minimum absolute atomic E-state index is 0.0647. The average molecular weight is 343 g/mol. The number of phenolic OH excluding ortho intramolecular Hbond substituents is 3. The second-order valence-electron chi connectivity index (χ2n) is 5.35. The maximum absolute atomic E-state index is 11.9. The Morgan fingerprint density at radius 3 is 2.28 bits per heavy atom. The molecule has 0 aliphatic carbocycles. The molecule has 1 amide bonds. The van der Waals surface area contributed by atoms with E-state index in [0.29, 0.717) is 11.1 Å². The largest absolute Gasteiger partial charge is 0.508 e. The SMILES string of the molecule is O=C(C=Cc1ccc(O)c(O)c1)N[C@@H](Cc1ccc(O)cc1)C(=O)O. The first-order valence-electron chi connectivity index (χ1n) is 7.36. The first kappa shape index (κ1) is 17.9. The number of carboxylic acid groups (broad SMARTS) is 1. The number of rotatable bonds is 6. The van der Waals surface area contributed by atoms with Crippen LogP contribution in [-0.4, -0.2) is 38.3 Å². The quantitative estimate of drug-likeness (QED) is 0.401. The van der Waals surface area contributed by atoms with Crippen LogP contribution in [-0.2, 0) is 16.0 Å². The molecule has 0 spiro atoms. The summed E-state index contributed by atoms with van der Waals surface area (Å²) < 4.78 is 0. The van der Waals surface area contributed by atoms with Crippen molar-refractivity contribution in [3.8, 4) is 17.2 Å². The van der Waals surface area contributed by atoms with Gasteiger partial charge in [-0.1, -0.05) is 18.2 Å². The van der Waals surface area contributed by atoms with E-state index >= 15 is 0 Å². The third-order valence-electron chi connectivity index (χ3n) is 3.42. The number of nitrogens with one attached hydrogen (secondary N) is 1. The lowest BCUT2D eigenvalue weighted by Crippen LogP contribution is -2.41. The first-order valence-corrected chi connectivity index (χ1v) is 7.36. The van der Waals surface area contributed by atoms with Crippen LogP contribution in [0, 0.1) is 0 Å². The third-order valence-corrected chi connectivity index (χ3v) is 3.42. The Morgan fingerprint density at radius 2 is 1.68 bits per heavy atom. The van der Waals surface area contributed by atoms with Gasteiger partial charge < -0.3 is 25.7 Å². The summed E-state index contributed by atoms with van der Waals surface area (Å²) in [5.41, 5.74) is 1.12. The van der Waals surface area contributed by atoms with E-state index < -0.39 is 17.9 Å². The summed E-state index contributed by atoms with van der Waals surface area (Å²) in [4.78, 5) is 23.2. The van der Waals surface area contributed by atoms with Gasteiger partial charge in [0.2, 0.25) is 5.91 Å². The van der Waals surface area contributed by atoms with Crippen LogP contribution in [0.3, 0.4) is 0 Å². The molecule has 0 saturated carbocycles. The number of aliphatic carboxylic acids is 1. The van der Waals surface area contributed by atoms with Crippen LogP contribution in [0.1, 0.15) is 11.1 Å². The van der Waals surface area contributed by atoms with Crippen LogP contribution in [0.15, 0.2) is 48.5 Å². The summed E-state index contributed by atoms with van der Waals surface area (Å²) in [6, 6.07) is 8.93. The molecule has 0 radical (unpaired) electrons. The third kappa shape index (κ3) is 5.28. The molecule has 0 aliphatic heterocycles. The van der Waals surface area contributed by atoms with Crippen LogP contribution in [0.5, 0.6) is 17.2 Å². The summed E-state index contributed by atoms with van der Waals surface area (Å²) in [5.74, 6) is -2.32. The van der Waals surface area contributed by atoms with Crippen LogP contribution < -0.4 is 5.32 Å². The van der Waals surface area contributed by atoms with Crippen molar-refractivity contribution >= 4 is 18.0 Å². The van der Waals surface area contributed by atoms with Crippen molar-refractivity contribution < 1.29 is 30.0 Å². The first-order chi connectivity index (χ1) is 11.8. The molecule has 0 fully saturated rings. The van der Waals surface area contributed by atoms with Crippen molar-refractivity contribution in [2.24, 2.45) is 0 Å². The van der Waals surface area contributed by atoms with Crippen LogP contribution in [0.2, 0.25) is 0 Å². The maximum atomic E-state index is 11.9. The summed E-state index contributed by atoms with van der Waals surface area (Å²) >= 11 is 0. The number of phenols is 3. The van der Waals surface area contributed by atoms with E-state index in [1.165, 1.54) is 36.4 Å². The Hall–Kier alpha value is -3.48. The number of hydrogen-bond acceptors (Lipinski definition) is 5. The number of hydrogen-bond donors (Lipinski definition) is 5. The van der Waals surface area contributed by atoms with E-state index in [4.69, 9.17) is 0 Å². The minimum Gasteiger partial charge on any atom is -0.508 e. The number of benzene rings is 2. The van der Waals surface area contributed by atoms with Crippen molar-refractivity contribution in [2.45, 2.75) is 12.5 Å². The molecule has 2 aromatic rings. The fourth-order valence-electron chi connectivity index (χ4n) is 2.10. The number of carboxylic acids is 1. The monoisotopic (exact) mass is 343 g/mol. The molecule has 0 aromatic heterocycles. The summed E-state index contributed by atoms with van der Waals surface area (Å²) in [6.45, 7) is 0. The molecule has 0 unspecified atom stereocenters. The Labute approximate surface area is 143 Å². The lowest BCUT2D eigenvalue weighted by atomic mass is 10.1. The van der Waals surface area contributed by atoms with Gasteiger partial charge in [0.15, 0.2) is 11.5 Å². The van der Waals surface area contributed by atoms with Crippen molar-refractivity contribution in [1.29, 1.82) is 0 Å². The molecule has 0 saturated heterocycles. The van der Waals surface area contributed by atoms with Gasteiger partial charge in [-0.3, -0.25) is 4.79 Å². The molecule has 0 heterocycles. The topological polar surface area (TPSA) is 127 Å². The van der Waals surface area contributed by atoms with E-state index in [2.05, 4.69) is 5.32 Å². The number of carbonyl (C=O) groups excluding carboxylic acids is 1. The molecule has 130 valence electrons. The molecular formula is C18H17NO6. The van der Waals surface area contributed by atoms with Crippen molar-refractivity contribution in [1.82, 2.24) is 5.32 Å². The molecule has 2 aromatic carbocycles. The van der Waals surface area contributed by atoms with Gasteiger partial charge in [0.1, 0.15) is 11.8 Å². The molecule has 2 rings (SSSR count). The van der Waals surface area contributed by atoms with Crippen molar-refractivity contribution in [3.63, 3.8) is 0 Å². The zero-order valence-corrected chi connectivity index (χ0v) is 13.1. The van der Waals surface area contributed by atoms with Gasteiger partial charge in [-0.05, 0) is 41.5 Å². The second kappa shape index (κ2) is 7.87. The van der Waals surface area contributed by atoms with Crippen LogP contribution in [0.4, 0.5) is 0 Å². The lowest BCUT2D eigenvalue weighted by molar-refractivity contribution is -0.141. The highest BCUT2D eigenvalue weighted by Crippen LogP contribution is 2.25. The highest BCUT2D eigenvalue weighted by molar-refractivity contribution is 5.94. The summed E-state index contributed by atoms with van der Waals surface area (Å²) in [7, 11) is 0. The number of aromatic hydroxyl groups is 3. The molecule has 0 bridgehead atoms. The Bertz CT molecular complexity index is 798. The van der Waals surface area contributed by atoms with Crippen LogP contribution >= 0.6 is 0 Å². The van der Waals surface area contributed by atoms with E-state index in [1.54, 1.807) is 12.1 Å². The smallest absolute Gasteiger partial charge is 0.326 e. The lowest BCUT2D eigenvalue weighted by Gasteiger charge is -2.13. The minimum atomic E-state index is -1.18. The van der Waals surface area contributed by atoms with Crippen molar-refractivity contribution in [2.75, 3.05) is 0 Å². The molecule has 7 heteroatoms. The Balaban J connectivity index is 2.01. The second-order valence-corrected chi connectivity index (χ2v) is 5.35. The van der Waals surface area contributed by atoms with Gasteiger partial charge in [0.05, 0.1) is 0 Å². The van der Waals surface area contributed by atoms with E-state index in [9.17, 15) is 30.0 Å². The zero-order valence-electron chi connectivity index (χ0n) is 13.1. The van der Waals surface area contributed by atoms with Crippen LogP contribution in [0.25, 0.3) is 6.08 Å². The fourth-order valence-corrected chi connectivity index (χ4v) is 2.10. The molecule has 7 nitrogen and oxygen atoms in total.